The van der Waals surface area contributed by atoms with Gasteiger partial charge in [-0.2, -0.15) is 0 Å². The first-order valence-electron chi connectivity index (χ1n) is 11.9. The molecule has 2 aliphatic rings. The average molecular weight is 490 g/mol. The van der Waals surface area contributed by atoms with Crippen molar-refractivity contribution in [3.05, 3.63) is 58.1 Å². The molecule has 33 heavy (non-hydrogen) atoms. The van der Waals surface area contributed by atoms with Gasteiger partial charge >= 0.3 is 0 Å². The molecular formula is C26H33Cl2N3O2. The van der Waals surface area contributed by atoms with Gasteiger partial charge in [0.1, 0.15) is 0 Å². The Morgan fingerprint density at radius 3 is 2.36 bits per heavy atom. The van der Waals surface area contributed by atoms with E-state index in [1.54, 1.807) is 12.1 Å². The van der Waals surface area contributed by atoms with E-state index in [2.05, 4.69) is 45.9 Å². The number of hydrogen-bond acceptors (Lipinski definition) is 5. The summed E-state index contributed by atoms with van der Waals surface area (Å²) < 4.78 is 5.88. The molecule has 2 aliphatic heterocycles. The van der Waals surface area contributed by atoms with Crippen LogP contribution in [0.15, 0.2) is 42.5 Å². The molecule has 0 amide bonds. The molecule has 0 aliphatic carbocycles. The molecule has 0 bridgehead atoms. The minimum Gasteiger partial charge on any atom is -0.490 e. The summed E-state index contributed by atoms with van der Waals surface area (Å²) in [5.41, 5.74) is 1.77. The van der Waals surface area contributed by atoms with E-state index >= 15 is 0 Å². The van der Waals surface area contributed by atoms with Gasteiger partial charge in [-0.1, -0.05) is 41.4 Å². The maximum Gasteiger partial charge on any atom is 0.176 e. The smallest absolute Gasteiger partial charge is 0.176 e. The van der Waals surface area contributed by atoms with Crippen LogP contribution >= 0.6 is 23.2 Å². The Hall–Kier alpha value is -1.79. The van der Waals surface area contributed by atoms with Gasteiger partial charge < -0.3 is 14.5 Å². The van der Waals surface area contributed by atoms with Gasteiger partial charge in [-0.15, -0.1) is 0 Å². The molecule has 4 rings (SSSR count). The van der Waals surface area contributed by atoms with E-state index in [0.717, 1.165) is 39.1 Å². The Bertz CT molecular complexity index is 909. The lowest BCUT2D eigenvalue weighted by molar-refractivity contribution is 0.0926. The number of piperazine rings is 1. The Morgan fingerprint density at radius 2 is 1.73 bits per heavy atom. The predicted molar refractivity (Wildman–Crippen MR) is 136 cm³/mol. The molecule has 2 fully saturated rings. The first-order valence-corrected chi connectivity index (χ1v) is 12.7. The predicted octanol–water partition coefficient (Wildman–Crippen LogP) is 5.25. The van der Waals surface area contributed by atoms with Crippen molar-refractivity contribution >= 4 is 34.7 Å². The van der Waals surface area contributed by atoms with Gasteiger partial charge in [0.2, 0.25) is 0 Å². The molecular weight excluding hydrogens is 457 g/mol. The molecule has 0 aromatic heterocycles. The summed E-state index contributed by atoms with van der Waals surface area (Å²) in [5, 5.41) is 0.795. The number of ketones is 1. The standard InChI is InChI=1S/C26H33Cl2N3O2/c1-20-7-5-10-30(20)11-6-16-33-26-23(27)17-21(18-24(26)28)25(32)19-29-12-14-31(15-13-29)22-8-3-2-4-9-22/h2-4,8-9,17-18,20H,5-7,10-16,19H2,1H3/t20-/m1/s1. The average Bonchev–Trinajstić information content (AvgIpc) is 3.23. The van der Waals surface area contributed by atoms with Gasteiger partial charge in [-0.3, -0.25) is 9.69 Å². The van der Waals surface area contributed by atoms with Crippen molar-refractivity contribution in [2.45, 2.75) is 32.2 Å². The van der Waals surface area contributed by atoms with Crippen molar-refractivity contribution in [2.75, 3.05) is 57.3 Å². The van der Waals surface area contributed by atoms with Crippen LogP contribution in [0.3, 0.4) is 0 Å². The normalized spacial score (nSPS) is 19.7. The van der Waals surface area contributed by atoms with Gasteiger partial charge in [0.25, 0.3) is 0 Å². The SMILES string of the molecule is C[C@@H]1CCCN1CCCOc1c(Cl)cc(C(=O)CN2CCN(c3ccccc3)CC2)cc1Cl. The number of ether oxygens (including phenoxy) is 1. The maximum atomic E-state index is 12.9. The summed E-state index contributed by atoms with van der Waals surface area (Å²) in [5.74, 6) is 0.502. The number of nitrogens with zero attached hydrogens (tertiary/aromatic N) is 3. The van der Waals surface area contributed by atoms with Gasteiger partial charge in [0.05, 0.1) is 23.2 Å². The molecule has 0 spiro atoms. The first kappa shape index (κ1) is 24.3. The number of benzene rings is 2. The van der Waals surface area contributed by atoms with Crippen molar-refractivity contribution in [1.82, 2.24) is 9.80 Å². The van der Waals surface area contributed by atoms with Crippen molar-refractivity contribution < 1.29 is 9.53 Å². The van der Waals surface area contributed by atoms with Crippen LogP contribution in [0, 0.1) is 0 Å². The number of carbonyl (C=O) groups excluding carboxylic acids is 1. The fourth-order valence-corrected chi connectivity index (χ4v) is 5.32. The van der Waals surface area contributed by atoms with E-state index in [1.165, 1.54) is 25.1 Å². The molecule has 0 unspecified atom stereocenters. The van der Waals surface area contributed by atoms with Gasteiger partial charge in [0, 0.05) is 50.0 Å². The highest BCUT2D eigenvalue weighted by Gasteiger charge is 2.22. The molecule has 0 N–H and O–H groups in total. The highest BCUT2D eigenvalue weighted by Crippen LogP contribution is 2.34. The van der Waals surface area contributed by atoms with Crippen LogP contribution in [0.4, 0.5) is 5.69 Å². The summed E-state index contributed by atoms with van der Waals surface area (Å²) in [7, 11) is 0. The van der Waals surface area contributed by atoms with Crippen LogP contribution < -0.4 is 9.64 Å². The third-order valence-corrected chi connectivity index (χ3v) is 7.27. The molecule has 178 valence electrons. The number of hydrogen-bond donors (Lipinski definition) is 0. The molecule has 2 aromatic rings. The Kier molecular flexibility index (Phi) is 8.53. The lowest BCUT2D eigenvalue weighted by Gasteiger charge is -2.35. The Balaban J connectivity index is 1.26. The monoisotopic (exact) mass is 489 g/mol. The van der Waals surface area contributed by atoms with Crippen LogP contribution in [0.5, 0.6) is 5.75 Å². The molecule has 5 nitrogen and oxygen atoms in total. The summed E-state index contributed by atoms with van der Waals surface area (Å²) in [6.45, 7) is 8.89. The second-order valence-electron chi connectivity index (χ2n) is 9.02. The Morgan fingerprint density at radius 1 is 1.03 bits per heavy atom. The zero-order chi connectivity index (χ0) is 23.2. The highest BCUT2D eigenvalue weighted by molar-refractivity contribution is 6.37. The van der Waals surface area contributed by atoms with Gasteiger partial charge in [0.15, 0.2) is 11.5 Å². The first-order chi connectivity index (χ1) is 16.0. The lowest BCUT2D eigenvalue weighted by atomic mass is 10.1. The van der Waals surface area contributed by atoms with E-state index in [1.807, 2.05) is 6.07 Å². The number of halogens is 2. The van der Waals surface area contributed by atoms with E-state index < -0.39 is 0 Å². The summed E-state index contributed by atoms with van der Waals surface area (Å²) in [4.78, 5) is 19.9. The second kappa shape index (κ2) is 11.6. The fourth-order valence-electron chi connectivity index (χ4n) is 4.72. The zero-order valence-corrected chi connectivity index (χ0v) is 20.8. The van der Waals surface area contributed by atoms with Gasteiger partial charge in [-0.05, 0) is 57.0 Å². The number of anilines is 1. The fraction of sp³-hybridized carbons (Fsp3) is 0.500. The number of para-hydroxylation sites is 1. The topological polar surface area (TPSA) is 36.0 Å². The number of likely N-dealkylation sites (tertiary alicyclic amines) is 1. The minimum atomic E-state index is 0.0292. The van der Waals surface area contributed by atoms with Crippen LogP contribution in [0.2, 0.25) is 10.0 Å². The van der Waals surface area contributed by atoms with E-state index in [0.29, 0.717) is 40.6 Å². The van der Waals surface area contributed by atoms with E-state index in [4.69, 9.17) is 27.9 Å². The van der Waals surface area contributed by atoms with Crippen molar-refractivity contribution in [2.24, 2.45) is 0 Å². The highest BCUT2D eigenvalue weighted by atomic mass is 35.5. The van der Waals surface area contributed by atoms with Crippen LogP contribution in [-0.2, 0) is 0 Å². The maximum absolute atomic E-state index is 12.9. The lowest BCUT2D eigenvalue weighted by Crippen LogP contribution is -2.48. The largest absolute Gasteiger partial charge is 0.490 e. The Labute approximate surface area is 207 Å². The summed E-state index contributed by atoms with van der Waals surface area (Å²) in [6.07, 6.45) is 3.47. The van der Waals surface area contributed by atoms with E-state index in [9.17, 15) is 4.79 Å². The number of carbonyl (C=O) groups is 1. The number of rotatable bonds is 9. The zero-order valence-electron chi connectivity index (χ0n) is 19.3. The van der Waals surface area contributed by atoms with Gasteiger partial charge in [-0.25, -0.2) is 0 Å². The molecule has 2 saturated heterocycles. The van der Waals surface area contributed by atoms with Crippen molar-refractivity contribution in [1.29, 1.82) is 0 Å². The quantitative estimate of drug-likeness (QED) is 0.355. The molecule has 2 aromatic carbocycles. The van der Waals surface area contributed by atoms with Crippen LogP contribution in [0.1, 0.15) is 36.5 Å². The molecule has 7 heteroatoms. The molecule has 0 saturated carbocycles. The molecule has 1 atom stereocenters. The third kappa shape index (κ3) is 6.42. The summed E-state index contributed by atoms with van der Waals surface area (Å²) in [6, 6.07) is 14.4. The third-order valence-electron chi connectivity index (χ3n) is 6.71. The van der Waals surface area contributed by atoms with Crippen LogP contribution in [-0.4, -0.2) is 74.0 Å². The molecule has 0 radical (unpaired) electrons. The van der Waals surface area contributed by atoms with E-state index in [-0.39, 0.29) is 5.78 Å². The van der Waals surface area contributed by atoms with Crippen molar-refractivity contribution in [3.63, 3.8) is 0 Å². The minimum absolute atomic E-state index is 0.0292. The molecule has 2 heterocycles. The summed E-state index contributed by atoms with van der Waals surface area (Å²) >= 11 is 12.9. The number of Topliss-reactive ketones (excluding diaryl/α,β-unsaturated/α-hetero) is 1. The van der Waals surface area contributed by atoms with Crippen molar-refractivity contribution in [3.8, 4) is 5.75 Å². The van der Waals surface area contributed by atoms with Crippen LogP contribution in [0.25, 0.3) is 0 Å². The second-order valence-corrected chi connectivity index (χ2v) is 9.83.